The molecule has 0 radical (unpaired) electrons. The molecule has 4 nitrogen and oxygen atoms in total. The van der Waals surface area contributed by atoms with Crippen molar-refractivity contribution in [2.45, 2.75) is 46.3 Å². The fourth-order valence-corrected chi connectivity index (χ4v) is 2.71. The Kier molecular flexibility index (Phi) is 7.07. The molecule has 130 valence electrons. The quantitative estimate of drug-likeness (QED) is 0.506. The van der Waals surface area contributed by atoms with Crippen molar-refractivity contribution in [1.82, 2.24) is 4.57 Å². The minimum absolute atomic E-state index is 0.253. The summed E-state index contributed by atoms with van der Waals surface area (Å²) in [5, 5.41) is 0. The summed E-state index contributed by atoms with van der Waals surface area (Å²) >= 11 is 0. The van der Waals surface area contributed by atoms with E-state index in [1.807, 2.05) is 37.3 Å². The third kappa shape index (κ3) is 4.71. The highest BCUT2D eigenvalue weighted by molar-refractivity contribution is 5.88. The highest BCUT2D eigenvalue weighted by Gasteiger charge is 2.19. The summed E-state index contributed by atoms with van der Waals surface area (Å²) in [6.45, 7) is 7.69. The maximum Gasteiger partial charge on any atom is 0.354 e. The first-order valence-corrected chi connectivity index (χ1v) is 8.66. The summed E-state index contributed by atoms with van der Waals surface area (Å²) in [6.07, 6.45) is 1.73. The van der Waals surface area contributed by atoms with Crippen molar-refractivity contribution in [2.24, 2.45) is 0 Å². The lowest BCUT2D eigenvalue weighted by Gasteiger charge is -2.19. The van der Waals surface area contributed by atoms with Gasteiger partial charge in [-0.1, -0.05) is 37.3 Å². The van der Waals surface area contributed by atoms with Gasteiger partial charge in [0.25, 0.3) is 0 Å². The second-order valence-corrected chi connectivity index (χ2v) is 5.85. The fourth-order valence-electron chi connectivity index (χ4n) is 2.71. The number of carbonyl (C=O) groups excluding carboxylic acids is 1. The highest BCUT2D eigenvalue weighted by atomic mass is 16.5. The number of esters is 1. The van der Waals surface area contributed by atoms with Crippen LogP contribution in [0.15, 0.2) is 42.5 Å². The molecule has 24 heavy (non-hydrogen) atoms. The van der Waals surface area contributed by atoms with Crippen LogP contribution in [0, 0.1) is 0 Å². The maximum absolute atomic E-state index is 12.1. The van der Waals surface area contributed by atoms with Gasteiger partial charge in [0, 0.05) is 18.2 Å². The number of hydrogen-bond donors (Lipinski definition) is 0. The molecule has 4 heteroatoms. The van der Waals surface area contributed by atoms with Crippen LogP contribution in [0.2, 0.25) is 0 Å². The van der Waals surface area contributed by atoms with E-state index in [0.29, 0.717) is 25.5 Å². The van der Waals surface area contributed by atoms with E-state index in [1.165, 1.54) is 5.56 Å². The van der Waals surface area contributed by atoms with Crippen LogP contribution in [-0.2, 0) is 22.5 Å². The van der Waals surface area contributed by atoms with Gasteiger partial charge in [0.2, 0.25) is 0 Å². The van der Waals surface area contributed by atoms with Gasteiger partial charge >= 0.3 is 5.97 Å². The molecule has 0 aliphatic heterocycles. The van der Waals surface area contributed by atoms with E-state index < -0.39 is 0 Å². The van der Waals surface area contributed by atoms with E-state index in [1.54, 1.807) is 0 Å². The largest absolute Gasteiger partial charge is 0.461 e. The van der Waals surface area contributed by atoms with Gasteiger partial charge in [-0.15, -0.1) is 0 Å². The number of benzene rings is 1. The summed E-state index contributed by atoms with van der Waals surface area (Å²) in [6, 6.07) is 14.3. The summed E-state index contributed by atoms with van der Waals surface area (Å²) < 4.78 is 13.0. The number of nitrogens with zero attached hydrogens (tertiary/aromatic N) is 1. The molecule has 0 spiro atoms. The van der Waals surface area contributed by atoms with E-state index >= 15 is 0 Å². The van der Waals surface area contributed by atoms with Gasteiger partial charge in [0.15, 0.2) is 0 Å². The molecule has 1 aromatic carbocycles. The van der Waals surface area contributed by atoms with Gasteiger partial charge in [-0.05, 0) is 38.0 Å². The van der Waals surface area contributed by atoms with Crippen LogP contribution < -0.4 is 0 Å². The van der Waals surface area contributed by atoms with Crippen LogP contribution in [0.3, 0.4) is 0 Å². The average Bonchev–Trinajstić information content (AvgIpc) is 3.03. The molecule has 1 heterocycles. The zero-order valence-corrected chi connectivity index (χ0v) is 14.8. The number of ether oxygens (including phenoxy) is 2. The summed E-state index contributed by atoms with van der Waals surface area (Å²) in [4.78, 5) is 12.1. The van der Waals surface area contributed by atoms with E-state index in [-0.39, 0.29) is 12.0 Å². The molecule has 0 fully saturated rings. The van der Waals surface area contributed by atoms with Crippen molar-refractivity contribution < 1.29 is 14.3 Å². The minimum Gasteiger partial charge on any atom is -0.461 e. The third-order valence-corrected chi connectivity index (χ3v) is 4.13. The number of aromatic nitrogens is 1. The smallest absolute Gasteiger partial charge is 0.354 e. The zero-order valence-electron chi connectivity index (χ0n) is 14.8. The molecule has 1 atom stereocenters. The molecule has 1 aromatic heterocycles. The predicted molar refractivity (Wildman–Crippen MR) is 95.2 cm³/mol. The van der Waals surface area contributed by atoms with E-state index in [0.717, 1.165) is 18.5 Å². The van der Waals surface area contributed by atoms with Gasteiger partial charge < -0.3 is 14.0 Å². The van der Waals surface area contributed by atoms with Crippen LogP contribution in [0.5, 0.6) is 0 Å². The van der Waals surface area contributed by atoms with Crippen molar-refractivity contribution >= 4 is 5.97 Å². The molecule has 0 aliphatic carbocycles. The van der Waals surface area contributed by atoms with Crippen LogP contribution >= 0.6 is 0 Å². The van der Waals surface area contributed by atoms with E-state index in [9.17, 15) is 4.79 Å². The lowest BCUT2D eigenvalue weighted by atomic mass is 10.2. The third-order valence-electron chi connectivity index (χ3n) is 4.13. The fraction of sp³-hybridized carbons (Fsp3) is 0.450. The number of carbonyl (C=O) groups is 1. The Morgan fingerprint density at radius 3 is 2.54 bits per heavy atom. The number of rotatable bonds is 9. The second-order valence-electron chi connectivity index (χ2n) is 5.85. The highest BCUT2D eigenvalue weighted by Crippen LogP contribution is 2.21. The normalized spacial score (nSPS) is 12.1. The number of hydrogen-bond acceptors (Lipinski definition) is 3. The Hall–Kier alpha value is -2.07. The van der Waals surface area contributed by atoms with Crippen molar-refractivity contribution in [3.05, 3.63) is 59.4 Å². The summed E-state index contributed by atoms with van der Waals surface area (Å²) in [5.74, 6) is -0.255. The molecule has 0 saturated heterocycles. The Bertz CT molecular complexity index is 634. The molecule has 0 bridgehead atoms. The molecular formula is C20H27NO3. The van der Waals surface area contributed by atoms with E-state index in [4.69, 9.17) is 9.47 Å². The van der Waals surface area contributed by atoms with Crippen LogP contribution in [0.4, 0.5) is 0 Å². The molecule has 0 amide bonds. The first-order valence-electron chi connectivity index (χ1n) is 8.66. The summed E-state index contributed by atoms with van der Waals surface area (Å²) in [5.41, 5.74) is 2.91. The lowest BCUT2D eigenvalue weighted by molar-refractivity contribution is 0.0510. The van der Waals surface area contributed by atoms with Crippen LogP contribution in [-0.4, -0.2) is 23.8 Å². The van der Waals surface area contributed by atoms with Crippen LogP contribution in [0.1, 0.15) is 55.0 Å². The monoisotopic (exact) mass is 329 g/mol. The lowest BCUT2D eigenvalue weighted by Crippen LogP contribution is -2.17. The molecule has 0 N–H and O–H groups in total. The second kappa shape index (κ2) is 9.28. The summed E-state index contributed by atoms with van der Waals surface area (Å²) in [7, 11) is 0. The van der Waals surface area contributed by atoms with Crippen molar-refractivity contribution in [3.8, 4) is 0 Å². The van der Waals surface area contributed by atoms with Crippen molar-refractivity contribution in [2.75, 3.05) is 13.2 Å². The predicted octanol–water partition coefficient (Wildman–Crippen LogP) is 4.40. The standard InChI is InChI=1S/C20H27NO3/c1-4-16(3)21-18(11-12-19(21)20(22)24-5-2)13-14-23-15-17-9-7-6-8-10-17/h6-12,16H,4-5,13-15H2,1-3H3/t16-/m0/s1. The first kappa shape index (κ1) is 18.3. The Morgan fingerprint density at radius 2 is 1.88 bits per heavy atom. The Balaban J connectivity index is 2.00. The molecule has 2 rings (SSSR count). The van der Waals surface area contributed by atoms with Gasteiger partial charge in [-0.25, -0.2) is 4.79 Å². The van der Waals surface area contributed by atoms with Gasteiger partial charge in [-0.2, -0.15) is 0 Å². The van der Waals surface area contributed by atoms with Gasteiger partial charge in [0.1, 0.15) is 5.69 Å². The Morgan fingerprint density at radius 1 is 1.12 bits per heavy atom. The van der Waals surface area contributed by atoms with Crippen molar-refractivity contribution in [3.63, 3.8) is 0 Å². The average molecular weight is 329 g/mol. The molecular weight excluding hydrogens is 302 g/mol. The van der Waals surface area contributed by atoms with Crippen molar-refractivity contribution in [1.29, 1.82) is 0 Å². The molecule has 0 aliphatic rings. The molecule has 0 saturated carbocycles. The molecule has 0 unspecified atom stereocenters. The molecule has 2 aromatic rings. The van der Waals surface area contributed by atoms with E-state index in [2.05, 4.69) is 30.5 Å². The first-order chi connectivity index (χ1) is 11.7. The Labute approximate surface area is 144 Å². The van der Waals surface area contributed by atoms with Crippen LogP contribution in [0.25, 0.3) is 0 Å². The topological polar surface area (TPSA) is 40.5 Å². The zero-order chi connectivity index (χ0) is 17.4. The minimum atomic E-state index is -0.255. The SMILES string of the molecule is CCOC(=O)c1ccc(CCOCc2ccccc2)n1[C@@H](C)CC. The van der Waals surface area contributed by atoms with Gasteiger partial charge in [-0.3, -0.25) is 0 Å². The van der Waals surface area contributed by atoms with Gasteiger partial charge in [0.05, 0.1) is 19.8 Å². The maximum atomic E-state index is 12.1.